The van der Waals surface area contributed by atoms with Crippen molar-refractivity contribution >= 4 is 50.4 Å². The molecule has 1 aromatic carbocycles. The lowest BCUT2D eigenvalue weighted by Gasteiger charge is -1.95. The molecule has 17 heavy (non-hydrogen) atoms. The fourth-order valence-electron chi connectivity index (χ4n) is 1.20. The Morgan fingerprint density at radius 2 is 1.82 bits per heavy atom. The summed E-state index contributed by atoms with van der Waals surface area (Å²) in [6.45, 7) is 1.83. The number of nitrogen functional groups attached to an aromatic ring is 1. The molecule has 0 amide bonds. The monoisotopic (exact) mass is 286 g/mol. The van der Waals surface area contributed by atoms with Crippen LogP contribution in [0.1, 0.15) is 5.69 Å². The minimum absolute atomic E-state index is 0.473. The number of nitrogens with two attached hydrogens (primary N) is 1. The van der Waals surface area contributed by atoms with Crippen molar-refractivity contribution in [2.45, 2.75) is 6.92 Å². The molecule has 0 unspecified atom stereocenters. The molecule has 2 aromatic rings. The van der Waals surface area contributed by atoms with Gasteiger partial charge in [0.1, 0.15) is 0 Å². The van der Waals surface area contributed by atoms with Crippen molar-refractivity contribution in [1.82, 2.24) is 4.98 Å². The quantitative estimate of drug-likeness (QED) is 0.809. The summed E-state index contributed by atoms with van der Waals surface area (Å²) in [5, 5.41) is 10.3. The standard InChI is InChI=1S/C10H8Cl2N4S/c1-5-9(17-10(13)14-5)16-15-8-3-6(11)2-7(12)4-8/h2-4H,1H3,(H2,13,14). The van der Waals surface area contributed by atoms with Gasteiger partial charge < -0.3 is 5.73 Å². The molecule has 0 aliphatic carbocycles. The largest absolute Gasteiger partial charge is 0.375 e. The molecule has 0 aliphatic heterocycles. The van der Waals surface area contributed by atoms with Gasteiger partial charge >= 0.3 is 0 Å². The fraction of sp³-hybridized carbons (Fsp3) is 0.100. The maximum absolute atomic E-state index is 5.85. The maximum Gasteiger partial charge on any atom is 0.182 e. The highest BCUT2D eigenvalue weighted by molar-refractivity contribution is 7.19. The summed E-state index contributed by atoms with van der Waals surface area (Å²) < 4.78 is 0. The Kier molecular flexibility index (Phi) is 3.61. The second-order valence-electron chi connectivity index (χ2n) is 3.27. The predicted molar refractivity (Wildman–Crippen MR) is 71.9 cm³/mol. The van der Waals surface area contributed by atoms with E-state index in [1.807, 2.05) is 6.92 Å². The van der Waals surface area contributed by atoms with Gasteiger partial charge in [-0.25, -0.2) is 4.98 Å². The van der Waals surface area contributed by atoms with Crippen LogP contribution in [-0.2, 0) is 0 Å². The SMILES string of the molecule is Cc1nc(N)sc1N=Nc1cc(Cl)cc(Cl)c1. The van der Waals surface area contributed by atoms with E-state index in [1.54, 1.807) is 18.2 Å². The van der Waals surface area contributed by atoms with E-state index in [0.717, 1.165) is 5.69 Å². The molecule has 2 rings (SSSR count). The van der Waals surface area contributed by atoms with Gasteiger partial charge in [0.15, 0.2) is 10.1 Å². The van der Waals surface area contributed by atoms with Crippen LogP contribution < -0.4 is 5.73 Å². The number of aryl methyl sites for hydroxylation is 1. The van der Waals surface area contributed by atoms with Crippen molar-refractivity contribution in [3.63, 3.8) is 0 Å². The molecule has 1 heterocycles. The Hall–Kier alpha value is -1.17. The first-order valence-corrected chi connectivity index (χ1v) is 6.22. The van der Waals surface area contributed by atoms with Gasteiger partial charge in [-0.2, -0.15) is 0 Å². The van der Waals surface area contributed by atoms with Gasteiger partial charge in [-0.1, -0.05) is 34.5 Å². The van der Waals surface area contributed by atoms with Crippen LogP contribution in [0, 0.1) is 6.92 Å². The van der Waals surface area contributed by atoms with Crippen LogP contribution in [0.3, 0.4) is 0 Å². The summed E-state index contributed by atoms with van der Waals surface area (Å²) >= 11 is 13.0. The third-order valence-electron chi connectivity index (χ3n) is 1.89. The molecule has 0 bridgehead atoms. The zero-order valence-corrected chi connectivity index (χ0v) is 11.1. The highest BCUT2D eigenvalue weighted by Crippen LogP contribution is 2.31. The van der Waals surface area contributed by atoms with Crippen molar-refractivity contribution in [3.05, 3.63) is 33.9 Å². The average molecular weight is 287 g/mol. The number of halogens is 2. The maximum atomic E-state index is 5.85. The van der Waals surface area contributed by atoms with Gasteiger partial charge in [0.25, 0.3) is 0 Å². The molecule has 0 fully saturated rings. The molecule has 2 N–H and O–H groups in total. The first kappa shape index (κ1) is 12.3. The highest BCUT2D eigenvalue weighted by Gasteiger charge is 2.04. The van der Waals surface area contributed by atoms with Gasteiger partial charge in [0, 0.05) is 10.0 Å². The van der Waals surface area contributed by atoms with Gasteiger partial charge in [0.05, 0.1) is 11.4 Å². The lowest BCUT2D eigenvalue weighted by molar-refractivity contribution is 1.19. The van der Waals surface area contributed by atoms with Crippen molar-refractivity contribution in [2.75, 3.05) is 5.73 Å². The van der Waals surface area contributed by atoms with E-state index in [-0.39, 0.29) is 0 Å². The summed E-state index contributed by atoms with van der Waals surface area (Å²) in [4.78, 5) is 4.05. The minimum Gasteiger partial charge on any atom is -0.375 e. The Balaban J connectivity index is 2.28. The molecular weight excluding hydrogens is 279 g/mol. The van der Waals surface area contributed by atoms with Crippen molar-refractivity contribution in [1.29, 1.82) is 0 Å². The number of thiazole rings is 1. The van der Waals surface area contributed by atoms with Crippen LogP contribution in [0.2, 0.25) is 10.0 Å². The number of hydrogen-bond donors (Lipinski definition) is 1. The predicted octanol–water partition coefficient (Wildman–Crippen LogP) is 4.76. The van der Waals surface area contributed by atoms with Crippen LogP contribution >= 0.6 is 34.5 Å². The molecule has 1 aromatic heterocycles. The topological polar surface area (TPSA) is 63.6 Å². The van der Waals surface area contributed by atoms with Crippen LogP contribution in [-0.4, -0.2) is 4.98 Å². The van der Waals surface area contributed by atoms with Crippen molar-refractivity contribution in [2.24, 2.45) is 10.2 Å². The summed E-state index contributed by atoms with van der Waals surface area (Å²) in [6.07, 6.45) is 0. The highest BCUT2D eigenvalue weighted by atomic mass is 35.5. The second-order valence-corrected chi connectivity index (χ2v) is 5.15. The molecule has 0 saturated heterocycles. The Labute approximate surface area is 112 Å². The van der Waals surface area contributed by atoms with E-state index in [4.69, 9.17) is 28.9 Å². The molecule has 0 aliphatic rings. The van der Waals surface area contributed by atoms with E-state index in [1.165, 1.54) is 11.3 Å². The van der Waals surface area contributed by atoms with Crippen LogP contribution in [0.4, 0.5) is 15.8 Å². The Bertz CT molecular complexity index is 559. The first-order valence-electron chi connectivity index (χ1n) is 4.65. The van der Waals surface area contributed by atoms with E-state index in [0.29, 0.717) is 25.9 Å². The summed E-state index contributed by atoms with van der Waals surface area (Å²) in [7, 11) is 0. The summed E-state index contributed by atoms with van der Waals surface area (Å²) in [5.41, 5.74) is 6.91. The van der Waals surface area contributed by atoms with Crippen LogP contribution in [0.5, 0.6) is 0 Å². The summed E-state index contributed by atoms with van der Waals surface area (Å²) in [6, 6.07) is 4.99. The molecule has 4 nitrogen and oxygen atoms in total. The number of aromatic nitrogens is 1. The number of rotatable bonds is 2. The van der Waals surface area contributed by atoms with E-state index >= 15 is 0 Å². The lowest BCUT2D eigenvalue weighted by atomic mass is 10.3. The number of azo groups is 1. The molecule has 88 valence electrons. The molecule has 7 heteroatoms. The van der Waals surface area contributed by atoms with Crippen LogP contribution in [0.25, 0.3) is 0 Å². The van der Waals surface area contributed by atoms with E-state index < -0.39 is 0 Å². The fourth-order valence-corrected chi connectivity index (χ4v) is 2.37. The smallest absolute Gasteiger partial charge is 0.182 e. The van der Waals surface area contributed by atoms with E-state index in [2.05, 4.69) is 15.2 Å². The molecule has 0 saturated carbocycles. The molecule has 0 atom stereocenters. The molecule has 0 radical (unpaired) electrons. The van der Waals surface area contributed by atoms with Gasteiger partial charge in [0.2, 0.25) is 0 Å². The Morgan fingerprint density at radius 1 is 1.18 bits per heavy atom. The number of anilines is 1. The minimum atomic E-state index is 0.473. The third kappa shape index (κ3) is 3.15. The average Bonchev–Trinajstić information content (AvgIpc) is 2.53. The summed E-state index contributed by atoms with van der Waals surface area (Å²) in [5.74, 6) is 0. The van der Waals surface area contributed by atoms with Gasteiger partial charge in [-0.3, -0.25) is 0 Å². The number of hydrogen-bond acceptors (Lipinski definition) is 5. The number of nitrogens with zero attached hydrogens (tertiary/aromatic N) is 3. The number of benzene rings is 1. The third-order valence-corrected chi connectivity index (χ3v) is 3.20. The lowest BCUT2D eigenvalue weighted by Crippen LogP contribution is -1.80. The molecule has 0 spiro atoms. The Morgan fingerprint density at radius 3 is 2.35 bits per heavy atom. The van der Waals surface area contributed by atoms with E-state index in [9.17, 15) is 0 Å². The molecular formula is C10H8Cl2N4S. The zero-order valence-electron chi connectivity index (χ0n) is 8.82. The second kappa shape index (κ2) is 5.00. The zero-order chi connectivity index (χ0) is 12.4. The van der Waals surface area contributed by atoms with Crippen molar-refractivity contribution < 1.29 is 0 Å². The van der Waals surface area contributed by atoms with Gasteiger partial charge in [-0.05, 0) is 25.1 Å². The van der Waals surface area contributed by atoms with Gasteiger partial charge in [-0.15, -0.1) is 10.2 Å². The normalized spacial score (nSPS) is 11.2. The first-order chi connectivity index (χ1) is 8.04. The van der Waals surface area contributed by atoms with Crippen molar-refractivity contribution in [3.8, 4) is 0 Å². The van der Waals surface area contributed by atoms with Crippen LogP contribution in [0.15, 0.2) is 28.4 Å².